The molecule has 30 heavy (non-hydrogen) atoms. The van der Waals surface area contributed by atoms with Gasteiger partial charge in [-0.05, 0) is 65.8 Å². The van der Waals surface area contributed by atoms with Crippen LogP contribution in [0, 0.1) is 6.92 Å². The highest BCUT2D eigenvalue weighted by molar-refractivity contribution is 7.93. The van der Waals surface area contributed by atoms with Gasteiger partial charge < -0.3 is 0 Å². The first kappa shape index (κ1) is 19.9. The van der Waals surface area contributed by atoms with Crippen molar-refractivity contribution in [3.05, 3.63) is 72.3 Å². The fourth-order valence-corrected chi connectivity index (χ4v) is 5.02. The Bertz CT molecular complexity index is 1410. The lowest BCUT2D eigenvalue weighted by Crippen LogP contribution is -2.14. The number of anilines is 2. The van der Waals surface area contributed by atoms with Crippen molar-refractivity contribution in [1.82, 2.24) is 10.3 Å². The van der Waals surface area contributed by atoms with Crippen LogP contribution in [0.1, 0.15) is 5.56 Å². The Morgan fingerprint density at radius 2 is 1.33 bits per heavy atom. The van der Waals surface area contributed by atoms with E-state index in [0.29, 0.717) is 11.2 Å². The van der Waals surface area contributed by atoms with Crippen LogP contribution in [0.5, 0.6) is 0 Å². The molecule has 9 nitrogen and oxygen atoms in total. The van der Waals surface area contributed by atoms with Crippen LogP contribution < -0.4 is 9.44 Å². The molecule has 0 aliphatic rings. The molecule has 4 rings (SSSR count). The average molecular weight is 444 g/mol. The van der Waals surface area contributed by atoms with Crippen molar-refractivity contribution in [2.24, 2.45) is 0 Å². The Kier molecular flexibility index (Phi) is 4.92. The fourth-order valence-electron chi connectivity index (χ4n) is 2.75. The molecule has 1 aromatic heterocycles. The maximum atomic E-state index is 12.7. The summed E-state index contributed by atoms with van der Waals surface area (Å²) in [5, 5.41) is 7.27. The number of aryl methyl sites for hydroxylation is 1. The fraction of sp³-hybridized carbons (Fsp3) is 0.0526. The minimum atomic E-state index is -3.96. The third-order valence-electron chi connectivity index (χ3n) is 4.26. The topological polar surface area (TPSA) is 131 Å². The standard InChI is InChI=1S/C19H16N4O5S2/c1-13-5-11-16(12-6-13)29(24,25)22-14-7-9-15(10-8-14)23-30(26,27)18-4-2-3-17-19(18)21-28-20-17/h2-12,22-23H,1H3. The van der Waals surface area contributed by atoms with Crippen LogP contribution in [0.2, 0.25) is 0 Å². The monoisotopic (exact) mass is 444 g/mol. The summed E-state index contributed by atoms with van der Waals surface area (Å²) in [6.45, 7) is 1.86. The van der Waals surface area contributed by atoms with Gasteiger partial charge in [0.25, 0.3) is 20.0 Å². The summed E-state index contributed by atoms with van der Waals surface area (Å²) in [7, 11) is -7.71. The zero-order valence-electron chi connectivity index (χ0n) is 15.6. The van der Waals surface area contributed by atoms with Crippen LogP contribution in [0.3, 0.4) is 0 Å². The first-order valence-corrected chi connectivity index (χ1v) is 11.6. The summed E-state index contributed by atoms with van der Waals surface area (Å²) in [5.74, 6) is 0. The van der Waals surface area contributed by atoms with Gasteiger partial charge in [0.05, 0.1) is 4.90 Å². The number of hydrogen-bond acceptors (Lipinski definition) is 7. The largest absolute Gasteiger partial charge is 0.280 e. The molecule has 0 radical (unpaired) electrons. The zero-order chi connectivity index (χ0) is 21.4. The first-order valence-electron chi connectivity index (χ1n) is 8.68. The molecule has 0 amide bonds. The van der Waals surface area contributed by atoms with Crippen molar-refractivity contribution >= 4 is 42.5 Å². The highest BCUT2D eigenvalue weighted by Crippen LogP contribution is 2.24. The van der Waals surface area contributed by atoms with Crippen LogP contribution in [0.25, 0.3) is 11.0 Å². The molecule has 0 saturated heterocycles. The van der Waals surface area contributed by atoms with Gasteiger partial charge >= 0.3 is 0 Å². The van der Waals surface area contributed by atoms with E-state index in [1.165, 1.54) is 48.5 Å². The van der Waals surface area contributed by atoms with E-state index in [0.717, 1.165) is 5.56 Å². The number of fused-ring (bicyclic) bond motifs is 1. The second kappa shape index (κ2) is 7.43. The molecule has 0 aliphatic heterocycles. The summed E-state index contributed by atoms with van der Waals surface area (Å²) in [4.78, 5) is 0.0533. The van der Waals surface area contributed by atoms with E-state index >= 15 is 0 Å². The minimum absolute atomic E-state index is 0.0783. The van der Waals surface area contributed by atoms with Gasteiger partial charge in [0.15, 0.2) is 5.52 Å². The number of aromatic nitrogens is 2. The van der Waals surface area contributed by atoms with E-state index in [2.05, 4.69) is 24.4 Å². The highest BCUT2D eigenvalue weighted by Gasteiger charge is 2.20. The number of nitrogens with zero attached hydrogens (tertiary/aromatic N) is 2. The number of benzene rings is 3. The molecule has 154 valence electrons. The van der Waals surface area contributed by atoms with Crippen LogP contribution in [-0.2, 0) is 20.0 Å². The lowest BCUT2D eigenvalue weighted by molar-refractivity contribution is 0.315. The Morgan fingerprint density at radius 3 is 1.97 bits per heavy atom. The van der Waals surface area contributed by atoms with E-state index in [1.807, 2.05) is 6.92 Å². The molecule has 0 atom stereocenters. The quantitative estimate of drug-likeness (QED) is 0.467. The van der Waals surface area contributed by atoms with E-state index in [9.17, 15) is 16.8 Å². The van der Waals surface area contributed by atoms with Gasteiger partial charge in [0.2, 0.25) is 0 Å². The van der Waals surface area contributed by atoms with Gasteiger partial charge in [0, 0.05) is 11.4 Å². The summed E-state index contributed by atoms with van der Waals surface area (Å²) in [5.41, 5.74) is 1.93. The Balaban J connectivity index is 1.54. The molecule has 11 heteroatoms. The Hall–Kier alpha value is -3.44. The van der Waals surface area contributed by atoms with Crippen molar-refractivity contribution in [2.75, 3.05) is 9.44 Å². The predicted molar refractivity (Wildman–Crippen MR) is 111 cm³/mol. The molecule has 0 unspecified atom stereocenters. The van der Waals surface area contributed by atoms with Crippen molar-refractivity contribution in [2.45, 2.75) is 16.7 Å². The second-order valence-electron chi connectivity index (χ2n) is 6.49. The van der Waals surface area contributed by atoms with E-state index in [1.54, 1.807) is 18.2 Å². The molecule has 0 fully saturated rings. The first-order chi connectivity index (χ1) is 14.2. The van der Waals surface area contributed by atoms with Gasteiger partial charge in [-0.3, -0.25) is 9.44 Å². The maximum absolute atomic E-state index is 12.7. The number of nitrogens with one attached hydrogen (secondary N) is 2. The lowest BCUT2D eigenvalue weighted by Gasteiger charge is -2.11. The summed E-state index contributed by atoms with van der Waals surface area (Å²) < 4.78 is 59.8. The third-order valence-corrected chi connectivity index (χ3v) is 7.07. The van der Waals surface area contributed by atoms with Crippen molar-refractivity contribution in [3.8, 4) is 0 Å². The van der Waals surface area contributed by atoms with Crippen LogP contribution in [0.15, 0.2) is 81.2 Å². The Morgan fingerprint density at radius 1 is 0.733 bits per heavy atom. The summed E-state index contributed by atoms with van der Waals surface area (Å²) in [6, 6.07) is 16.8. The molecule has 0 bridgehead atoms. The Labute approximate surface area is 172 Å². The van der Waals surface area contributed by atoms with Crippen molar-refractivity contribution < 1.29 is 21.5 Å². The lowest BCUT2D eigenvalue weighted by atomic mass is 10.2. The second-order valence-corrected chi connectivity index (χ2v) is 9.82. The average Bonchev–Trinajstić information content (AvgIpc) is 3.18. The molecule has 0 saturated carbocycles. The van der Waals surface area contributed by atoms with Gasteiger partial charge in [-0.2, -0.15) is 0 Å². The number of hydrogen-bond donors (Lipinski definition) is 2. The summed E-state index contributed by atoms with van der Waals surface area (Å²) in [6.07, 6.45) is 0. The molecular formula is C19H16N4O5S2. The third kappa shape index (κ3) is 3.98. The normalized spacial score (nSPS) is 12.0. The minimum Gasteiger partial charge on any atom is -0.280 e. The predicted octanol–water partition coefficient (Wildman–Crippen LogP) is 3.13. The molecule has 0 spiro atoms. The molecule has 4 aromatic rings. The molecular weight excluding hydrogens is 428 g/mol. The SMILES string of the molecule is Cc1ccc(S(=O)(=O)Nc2ccc(NS(=O)(=O)c3cccc4nonc34)cc2)cc1. The van der Waals surface area contributed by atoms with E-state index < -0.39 is 20.0 Å². The number of rotatable bonds is 6. The summed E-state index contributed by atoms with van der Waals surface area (Å²) >= 11 is 0. The number of sulfonamides is 2. The van der Waals surface area contributed by atoms with Gasteiger partial charge in [0.1, 0.15) is 10.4 Å². The van der Waals surface area contributed by atoms with E-state index in [4.69, 9.17) is 0 Å². The van der Waals surface area contributed by atoms with Crippen LogP contribution >= 0.6 is 0 Å². The van der Waals surface area contributed by atoms with Crippen LogP contribution in [0.4, 0.5) is 11.4 Å². The molecule has 3 aromatic carbocycles. The van der Waals surface area contributed by atoms with E-state index in [-0.39, 0.29) is 21.0 Å². The molecule has 2 N–H and O–H groups in total. The van der Waals surface area contributed by atoms with Crippen molar-refractivity contribution in [3.63, 3.8) is 0 Å². The van der Waals surface area contributed by atoms with Gasteiger partial charge in [-0.1, -0.05) is 23.8 Å². The van der Waals surface area contributed by atoms with Gasteiger partial charge in [-0.15, -0.1) is 0 Å². The van der Waals surface area contributed by atoms with Crippen LogP contribution in [-0.4, -0.2) is 27.1 Å². The van der Waals surface area contributed by atoms with Gasteiger partial charge in [-0.25, -0.2) is 21.5 Å². The molecule has 0 aliphatic carbocycles. The maximum Gasteiger partial charge on any atom is 0.264 e. The zero-order valence-corrected chi connectivity index (χ0v) is 17.2. The smallest absolute Gasteiger partial charge is 0.264 e. The van der Waals surface area contributed by atoms with Crippen molar-refractivity contribution in [1.29, 1.82) is 0 Å². The molecule has 1 heterocycles. The highest BCUT2D eigenvalue weighted by atomic mass is 32.2.